The van der Waals surface area contributed by atoms with E-state index in [4.69, 9.17) is 34.7 Å². The van der Waals surface area contributed by atoms with E-state index in [1.807, 2.05) is 38.2 Å². The van der Waals surface area contributed by atoms with Gasteiger partial charge in [-0.05, 0) is 140 Å². The number of carbonyl (C=O) groups excluding carboxylic acids is 1. The number of likely N-dealkylation sites (N-methyl/N-ethyl adjacent to an activating group) is 2. The number of nitrogens with one attached hydrogen (secondary N) is 3. The van der Waals surface area contributed by atoms with Gasteiger partial charge < -0.3 is 41.5 Å². The fourth-order valence-electron chi connectivity index (χ4n) is 7.44. The summed E-state index contributed by atoms with van der Waals surface area (Å²) in [5.41, 5.74) is 16.0. The Bertz CT molecular complexity index is 2910. The molecule has 0 saturated carbocycles. The predicted molar refractivity (Wildman–Crippen MR) is 283 cm³/mol. The number of nitrogens with zero attached hydrogens (tertiary/aromatic N) is 3. The van der Waals surface area contributed by atoms with Crippen LogP contribution in [0.15, 0.2) is 170 Å². The van der Waals surface area contributed by atoms with Crippen LogP contribution in [0, 0.1) is 0 Å². The van der Waals surface area contributed by atoms with Gasteiger partial charge in [0, 0.05) is 47.6 Å². The van der Waals surface area contributed by atoms with Gasteiger partial charge in [0.25, 0.3) is 0 Å². The van der Waals surface area contributed by atoms with Crippen molar-refractivity contribution in [2.45, 2.75) is 19.8 Å². The van der Waals surface area contributed by atoms with Gasteiger partial charge in [0.15, 0.2) is 0 Å². The minimum atomic E-state index is -4.54. The second-order valence-corrected chi connectivity index (χ2v) is 17.1. The van der Waals surface area contributed by atoms with Crippen LogP contribution in [0.1, 0.15) is 18.6 Å². The fourth-order valence-corrected chi connectivity index (χ4v) is 7.69. The molecule has 9 nitrogen and oxygen atoms in total. The Hall–Kier alpha value is -7.01. The number of carbonyl (C=O) groups is 1. The molecule has 0 radical (unpaired) electrons. The van der Waals surface area contributed by atoms with E-state index in [0.717, 1.165) is 41.9 Å². The Morgan fingerprint density at radius 3 is 1.25 bits per heavy atom. The molecule has 2 heterocycles. The van der Waals surface area contributed by atoms with Gasteiger partial charge in [0.05, 0.1) is 45.3 Å². The Kier molecular flexibility index (Phi) is 19.7. The minimum absolute atomic E-state index is 0. The van der Waals surface area contributed by atoms with Crippen LogP contribution in [-0.2, 0) is 12.4 Å². The highest BCUT2D eigenvalue weighted by Crippen LogP contribution is 2.41. The number of amides is 2. The average Bonchev–Trinajstić information content (AvgIpc) is 3.99. The van der Waals surface area contributed by atoms with Crippen molar-refractivity contribution in [3.63, 3.8) is 0 Å². The number of hydrogen-bond acceptors (Lipinski definition) is 5. The zero-order chi connectivity index (χ0) is 51.3. The van der Waals surface area contributed by atoms with Crippen LogP contribution < -0.4 is 27.4 Å². The van der Waals surface area contributed by atoms with Gasteiger partial charge in [-0.2, -0.15) is 26.3 Å². The topological polar surface area (TPSA) is 118 Å². The number of hydrogen-bond donors (Lipinski definition) is 5. The van der Waals surface area contributed by atoms with Gasteiger partial charge in [-0.25, -0.2) is 4.79 Å². The molecule has 2 aromatic heterocycles. The van der Waals surface area contributed by atoms with E-state index < -0.39 is 23.5 Å². The lowest BCUT2D eigenvalue weighted by atomic mass is 10.1. The molecule has 0 bridgehead atoms. The number of anilines is 2. The first-order valence-corrected chi connectivity index (χ1v) is 22.9. The number of alkyl halides is 6. The molecule has 7 N–H and O–H groups in total. The molecule has 378 valence electrons. The first kappa shape index (κ1) is 55.9. The van der Waals surface area contributed by atoms with Gasteiger partial charge in [-0.15, -0.1) is 0 Å². The first-order valence-electron chi connectivity index (χ1n) is 22.2. The summed E-state index contributed by atoms with van der Waals surface area (Å²) >= 11 is 12.0. The van der Waals surface area contributed by atoms with E-state index in [1.54, 1.807) is 130 Å². The summed E-state index contributed by atoms with van der Waals surface area (Å²) in [6, 6.07) is 45.9. The SMILES string of the molecule is C.CN(C)CCNC(=O)Nc1ccc(-c2ccc(-c3ccc(Cl)cc3)n2-c2ccccc2C(F)(F)F)cc1.CNCCN.Nc1ccc(-c2ccc(-c3ccc(Cl)cc3)n2-c2ccccc2C(F)(F)F)cc1. The number of halogens is 8. The van der Waals surface area contributed by atoms with Gasteiger partial charge in [0.2, 0.25) is 0 Å². The molecule has 0 aliphatic rings. The van der Waals surface area contributed by atoms with Crippen LogP contribution in [0.25, 0.3) is 56.4 Å². The third-order valence-corrected chi connectivity index (χ3v) is 11.3. The monoisotopic (exact) mass is 1030 g/mol. The van der Waals surface area contributed by atoms with Crippen LogP contribution in [0.2, 0.25) is 10.0 Å². The normalized spacial score (nSPS) is 11.2. The zero-order valence-electron chi connectivity index (χ0n) is 38.9. The summed E-state index contributed by atoms with van der Waals surface area (Å²) in [5.74, 6) is 0. The molecule has 0 atom stereocenters. The third kappa shape index (κ3) is 14.5. The summed E-state index contributed by atoms with van der Waals surface area (Å²) in [6.45, 7) is 2.85. The molecule has 2 amide bonds. The number of nitrogen functional groups attached to an aromatic ring is 1. The number of aromatic nitrogens is 2. The molecule has 0 aliphatic heterocycles. The molecule has 17 heteroatoms. The Labute approximate surface area is 426 Å². The standard InChI is InChI=1S/C28H26ClF3N4O.C23H16ClF3N2.C3H10N2.CH4/c1-35(2)18-17-33-27(37)34-22-13-9-20(10-14-22)25-16-15-24(19-7-11-21(29)12-8-19)36(25)26-6-4-3-5-23(26)28(30,31)32;24-17-9-5-15(6-10-17)20-13-14-21(16-7-11-18(28)12-8-16)29(20)22-4-2-1-3-19(22)23(25,26)27;1-5-3-2-4;/h3-16H,17-18H2,1-2H3,(H2,33,34,37);1-14H,28H2;5H,2-4H2,1H3;1H4. The van der Waals surface area contributed by atoms with Crippen molar-refractivity contribution >= 4 is 40.6 Å². The van der Waals surface area contributed by atoms with Gasteiger partial charge >= 0.3 is 18.4 Å². The van der Waals surface area contributed by atoms with Crippen molar-refractivity contribution in [2.75, 3.05) is 58.4 Å². The largest absolute Gasteiger partial charge is 0.418 e. The minimum Gasteiger partial charge on any atom is -0.399 e. The maximum absolute atomic E-state index is 14.0. The fraction of sp³-hybridized carbons (Fsp3) is 0.182. The lowest BCUT2D eigenvalue weighted by Crippen LogP contribution is -2.34. The quantitative estimate of drug-likeness (QED) is 0.0617. The summed E-state index contributed by atoms with van der Waals surface area (Å²) < 4.78 is 86.5. The number of rotatable bonds is 12. The van der Waals surface area contributed by atoms with Gasteiger partial charge in [-0.1, -0.05) is 103 Å². The number of para-hydroxylation sites is 2. The molecule has 6 aromatic carbocycles. The van der Waals surface area contributed by atoms with E-state index in [0.29, 0.717) is 62.8 Å². The van der Waals surface area contributed by atoms with Crippen molar-refractivity contribution in [3.8, 4) is 56.4 Å². The molecule has 0 aliphatic carbocycles. The lowest BCUT2D eigenvalue weighted by molar-refractivity contribution is -0.138. The van der Waals surface area contributed by atoms with Crippen LogP contribution in [-0.4, -0.2) is 67.4 Å². The van der Waals surface area contributed by atoms with Crippen LogP contribution in [0.5, 0.6) is 0 Å². The van der Waals surface area contributed by atoms with Crippen LogP contribution in [0.3, 0.4) is 0 Å². The molecule has 0 fully saturated rings. The third-order valence-electron chi connectivity index (χ3n) is 10.8. The lowest BCUT2D eigenvalue weighted by Gasteiger charge is -2.19. The summed E-state index contributed by atoms with van der Waals surface area (Å²) in [7, 11) is 5.71. The highest BCUT2D eigenvalue weighted by molar-refractivity contribution is 6.31. The number of urea groups is 1. The molecule has 0 spiro atoms. The molecule has 72 heavy (non-hydrogen) atoms. The Balaban J connectivity index is 0.000000247. The van der Waals surface area contributed by atoms with Crippen molar-refractivity contribution in [3.05, 3.63) is 191 Å². The van der Waals surface area contributed by atoms with Crippen molar-refractivity contribution in [1.29, 1.82) is 0 Å². The van der Waals surface area contributed by atoms with E-state index in [-0.39, 0.29) is 24.8 Å². The molecule has 0 saturated heterocycles. The molecule has 0 unspecified atom stereocenters. The first-order chi connectivity index (χ1) is 33.9. The van der Waals surface area contributed by atoms with Crippen molar-refractivity contribution < 1.29 is 31.1 Å². The predicted octanol–water partition coefficient (Wildman–Crippen LogP) is 14.0. The maximum Gasteiger partial charge on any atom is 0.418 e. The molecule has 8 rings (SSSR count). The van der Waals surface area contributed by atoms with E-state index in [2.05, 4.69) is 16.0 Å². The van der Waals surface area contributed by atoms with Crippen molar-refractivity contribution in [2.24, 2.45) is 5.73 Å². The summed E-state index contributed by atoms with van der Waals surface area (Å²) in [6.07, 6.45) is -9.03. The van der Waals surface area contributed by atoms with Crippen LogP contribution in [0.4, 0.5) is 42.5 Å². The summed E-state index contributed by atoms with van der Waals surface area (Å²) in [5, 5.41) is 9.53. The second kappa shape index (κ2) is 25.4. The van der Waals surface area contributed by atoms with Gasteiger partial charge in [-0.3, -0.25) is 0 Å². The number of nitrogens with two attached hydrogens (primary N) is 2. The van der Waals surface area contributed by atoms with E-state index >= 15 is 0 Å². The van der Waals surface area contributed by atoms with Crippen molar-refractivity contribution in [1.82, 2.24) is 24.7 Å². The Morgan fingerprint density at radius 2 is 0.917 bits per heavy atom. The van der Waals surface area contributed by atoms with E-state index in [1.165, 1.54) is 24.3 Å². The van der Waals surface area contributed by atoms with Crippen LogP contribution >= 0.6 is 23.2 Å². The maximum atomic E-state index is 14.0. The second-order valence-electron chi connectivity index (χ2n) is 16.2. The molecular weight excluding hydrogens is 974 g/mol. The molecule has 8 aromatic rings. The molecular formula is C55H56Cl2F6N8O. The highest BCUT2D eigenvalue weighted by atomic mass is 35.5. The Morgan fingerprint density at radius 1 is 0.556 bits per heavy atom. The van der Waals surface area contributed by atoms with Gasteiger partial charge in [0.1, 0.15) is 0 Å². The smallest absolute Gasteiger partial charge is 0.399 e. The highest BCUT2D eigenvalue weighted by Gasteiger charge is 2.36. The zero-order valence-corrected chi connectivity index (χ0v) is 40.4. The number of benzene rings is 6. The summed E-state index contributed by atoms with van der Waals surface area (Å²) in [4.78, 5) is 14.1. The average molecular weight is 1030 g/mol. The van der Waals surface area contributed by atoms with E-state index in [9.17, 15) is 31.1 Å².